The van der Waals surface area contributed by atoms with Crippen LogP contribution in [0, 0.1) is 0 Å². The van der Waals surface area contributed by atoms with Crippen LogP contribution in [0.1, 0.15) is 5.56 Å². The molecule has 15 heavy (non-hydrogen) atoms. The molecule has 0 bridgehead atoms. The van der Waals surface area contributed by atoms with E-state index in [-0.39, 0.29) is 12.6 Å². The van der Waals surface area contributed by atoms with Gasteiger partial charge in [-0.3, -0.25) is 0 Å². The number of thiophene rings is 1. The molecule has 1 aromatic rings. The van der Waals surface area contributed by atoms with Gasteiger partial charge in [0.1, 0.15) is 0 Å². The molecule has 0 saturated carbocycles. The van der Waals surface area contributed by atoms with Crippen LogP contribution in [0.2, 0.25) is 0 Å². The predicted octanol–water partition coefficient (Wildman–Crippen LogP) is 0.924. The maximum atomic E-state index is 11.4. The van der Waals surface area contributed by atoms with Crippen LogP contribution in [0.5, 0.6) is 0 Å². The van der Waals surface area contributed by atoms with E-state index in [9.17, 15) is 4.79 Å². The molecule has 0 aliphatic heterocycles. The first-order valence-electron chi connectivity index (χ1n) is 4.85. The zero-order valence-electron chi connectivity index (χ0n) is 8.77. The highest BCUT2D eigenvalue weighted by atomic mass is 32.1. The third kappa shape index (κ3) is 4.31. The summed E-state index contributed by atoms with van der Waals surface area (Å²) < 4.78 is 0. The van der Waals surface area contributed by atoms with Crippen LogP contribution in [0.25, 0.3) is 0 Å². The van der Waals surface area contributed by atoms with Crippen molar-refractivity contribution in [1.29, 1.82) is 0 Å². The Balaban J connectivity index is 2.17. The zero-order chi connectivity index (χ0) is 11.1. The average molecular weight is 228 g/mol. The number of rotatable bonds is 5. The molecule has 2 N–H and O–H groups in total. The number of likely N-dealkylation sites (N-methyl/N-ethyl adjacent to an activating group) is 1. The van der Waals surface area contributed by atoms with Gasteiger partial charge in [-0.1, -0.05) is 0 Å². The first kappa shape index (κ1) is 12.0. The van der Waals surface area contributed by atoms with E-state index in [4.69, 9.17) is 5.11 Å². The number of amides is 2. The summed E-state index contributed by atoms with van der Waals surface area (Å²) >= 11 is 1.66. The zero-order valence-corrected chi connectivity index (χ0v) is 9.59. The molecule has 0 atom stereocenters. The van der Waals surface area contributed by atoms with Gasteiger partial charge < -0.3 is 15.3 Å². The molecule has 0 aliphatic carbocycles. The minimum Gasteiger partial charge on any atom is -0.395 e. The van der Waals surface area contributed by atoms with E-state index >= 15 is 0 Å². The van der Waals surface area contributed by atoms with Crippen molar-refractivity contribution in [3.8, 4) is 0 Å². The molecular formula is C10H16N2O2S. The molecule has 1 rings (SSSR count). The first-order chi connectivity index (χ1) is 7.24. The minimum absolute atomic E-state index is 0.00551. The quantitative estimate of drug-likeness (QED) is 0.787. The maximum absolute atomic E-state index is 11.4. The number of aliphatic hydroxyl groups excluding tert-OH is 1. The van der Waals surface area contributed by atoms with Crippen LogP contribution >= 0.6 is 11.3 Å². The number of carbonyl (C=O) groups is 1. The summed E-state index contributed by atoms with van der Waals surface area (Å²) in [5, 5.41) is 15.5. The van der Waals surface area contributed by atoms with Gasteiger partial charge in [-0.25, -0.2) is 4.79 Å². The van der Waals surface area contributed by atoms with Crippen molar-refractivity contribution in [3.05, 3.63) is 22.4 Å². The van der Waals surface area contributed by atoms with Crippen LogP contribution in [0.4, 0.5) is 4.79 Å². The Bertz CT molecular complexity index is 288. The number of hydrogen-bond donors (Lipinski definition) is 2. The smallest absolute Gasteiger partial charge is 0.317 e. The summed E-state index contributed by atoms with van der Waals surface area (Å²) in [4.78, 5) is 12.8. The predicted molar refractivity (Wildman–Crippen MR) is 61.1 cm³/mol. The van der Waals surface area contributed by atoms with Gasteiger partial charge in [-0.2, -0.15) is 11.3 Å². The molecule has 1 heterocycles. The lowest BCUT2D eigenvalue weighted by atomic mass is 10.2. The number of carbonyl (C=O) groups excluding carboxylic acids is 1. The molecule has 0 unspecified atom stereocenters. The number of hydrogen-bond acceptors (Lipinski definition) is 3. The molecule has 2 amide bonds. The number of nitrogens with zero attached hydrogens (tertiary/aromatic N) is 1. The highest BCUT2D eigenvalue weighted by molar-refractivity contribution is 7.07. The second-order valence-corrected chi connectivity index (χ2v) is 4.04. The largest absolute Gasteiger partial charge is 0.395 e. The van der Waals surface area contributed by atoms with Gasteiger partial charge in [-0.05, 0) is 28.8 Å². The molecule has 0 aromatic carbocycles. The molecule has 4 nitrogen and oxygen atoms in total. The highest BCUT2D eigenvalue weighted by Crippen LogP contribution is 2.05. The normalized spacial score (nSPS) is 10.0. The van der Waals surface area contributed by atoms with E-state index in [0.29, 0.717) is 13.1 Å². The van der Waals surface area contributed by atoms with Crippen LogP contribution in [0.15, 0.2) is 16.8 Å². The van der Waals surface area contributed by atoms with Crippen LogP contribution in [-0.2, 0) is 6.42 Å². The Hall–Kier alpha value is -1.07. The average Bonchev–Trinajstić information content (AvgIpc) is 2.71. The van der Waals surface area contributed by atoms with Crippen LogP contribution < -0.4 is 5.32 Å². The third-order valence-corrected chi connectivity index (χ3v) is 2.78. The summed E-state index contributed by atoms with van der Waals surface area (Å²) in [5.41, 5.74) is 1.24. The van der Waals surface area contributed by atoms with Gasteiger partial charge in [0.05, 0.1) is 6.61 Å². The molecule has 5 heteroatoms. The fourth-order valence-corrected chi connectivity index (χ4v) is 1.84. The molecule has 0 spiro atoms. The molecule has 0 aliphatic rings. The summed E-state index contributed by atoms with van der Waals surface area (Å²) in [6, 6.07) is 1.91. The van der Waals surface area contributed by atoms with E-state index in [2.05, 4.69) is 10.7 Å². The standard InChI is InChI=1S/C10H16N2O2S/c1-12(5-6-13)10(14)11-4-2-9-3-7-15-8-9/h3,7-8,13H,2,4-6H2,1H3,(H,11,14). The lowest BCUT2D eigenvalue weighted by molar-refractivity contribution is 0.190. The summed E-state index contributed by atoms with van der Waals surface area (Å²) in [6.45, 7) is 0.990. The second-order valence-electron chi connectivity index (χ2n) is 3.26. The number of aliphatic hydroxyl groups is 1. The van der Waals surface area contributed by atoms with E-state index in [0.717, 1.165) is 6.42 Å². The van der Waals surface area contributed by atoms with Crippen molar-refractivity contribution in [3.63, 3.8) is 0 Å². The summed E-state index contributed by atoms with van der Waals surface area (Å²) in [5.74, 6) is 0. The van der Waals surface area contributed by atoms with E-state index in [1.165, 1.54) is 10.5 Å². The van der Waals surface area contributed by atoms with Gasteiger partial charge in [0, 0.05) is 20.1 Å². The van der Waals surface area contributed by atoms with Crippen LogP contribution in [0.3, 0.4) is 0 Å². The Labute approximate surface area is 93.5 Å². The Morgan fingerprint density at radius 2 is 2.47 bits per heavy atom. The molecular weight excluding hydrogens is 212 g/mol. The van der Waals surface area contributed by atoms with Crippen molar-refractivity contribution in [1.82, 2.24) is 10.2 Å². The van der Waals surface area contributed by atoms with Crippen molar-refractivity contribution in [2.24, 2.45) is 0 Å². The van der Waals surface area contributed by atoms with Gasteiger partial charge in [0.15, 0.2) is 0 Å². The number of nitrogens with one attached hydrogen (secondary N) is 1. The Kier molecular flexibility index (Phi) is 5.14. The van der Waals surface area contributed by atoms with E-state index in [1.54, 1.807) is 18.4 Å². The second kappa shape index (κ2) is 6.42. The first-order valence-corrected chi connectivity index (χ1v) is 5.79. The molecule has 1 aromatic heterocycles. The van der Waals surface area contributed by atoms with Gasteiger partial charge >= 0.3 is 6.03 Å². The highest BCUT2D eigenvalue weighted by Gasteiger charge is 2.05. The topological polar surface area (TPSA) is 52.6 Å². The molecule has 84 valence electrons. The maximum Gasteiger partial charge on any atom is 0.317 e. The lowest BCUT2D eigenvalue weighted by Gasteiger charge is -2.16. The SMILES string of the molecule is CN(CCO)C(=O)NCCc1ccsc1. The van der Waals surface area contributed by atoms with Crippen LogP contribution in [-0.4, -0.2) is 42.8 Å². The van der Waals surface area contributed by atoms with Gasteiger partial charge in [0.2, 0.25) is 0 Å². The van der Waals surface area contributed by atoms with Crippen molar-refractivity contribution in [2.75, 3.05) is 26.7 Å². The van der Waals surface area contributed by atoms with Gasteiger partial charge in [-0.15, -0.1) is 0 Å². The summed E-state index contributed by atoms with van der Waals surface area (Å²) in [7, 11) is 1.66. The van der Waals surface area contributed by atoms with Crippen molar-refractivity contribution < 1.29 is 9.90 Å². The summed E-state index contributed by atoms with van der Waals surface area (Å²) in [6.07, 6.45) is 0.849. The molecule has 0 fully saturated rings. The monoisotopic (exact) mass is 228 g/mol. The fourth-order valence-electron chi connectivity index (χ4n) is 1.14. The lowest BCUT2D eigenvalue weighted by Crippen LogP contribution is -2.39. The third-order valence-electron chi connectivity index (χ3n) is 2.05. The fraction of sp³-hybridized carbons (Fsp3) is 0.500. The Morgan fingerprint density at radius 1 is 1.67 bits per heavy atom. The van der Waals surface area contributed by atoms with Crippen molar-refractivity contribution in [2.45, 2.75) is 6.42 Å². The molecule has 0 radical (unpaired) electrons. The van der Waals surface area contributed by atoms with E-state index in [1.807, 2.05) is 11.4 Å². The minimum atomic E-state index is -0.140. The Morgan fingerprint density at radius 3 is 3.07 bits per heavy atom. The molecule has 0 saturated heterocycles. The van der Waals surface area contributed by atoms with Crippen molar-refractivity contribution >= 4 is 17.4 Å². The van der Waals surface area contributed by atoms with E-state index < -0.39 is 0 Å². The number of urea groups is 1. The van der Waals surface area contributed by atoms with Gasteiger partial charge in [0.25, 0.3) is 0 Å².